The molecule has 0 spiro atoms. The van der Waals surface area contributed by atoms with E-state index in [1.54, 1.807) is 0 Å². The van der Waals surface area contributed by atoms with E-state index < -0.39 is 49.0 Å². The van der Waals surface area contributed by atoms with E-state index in [4.69, 9.17) is 9.84 Å². The van der Waals surface area contributed by atoms with Crippen LogP contribution in [0.2, 0.25) is 0 Å². The molecule has 1 atom stereocenters. The molecule has 0 aromatic heterocycles. The lowest BCUT2D eigenvalue weighted by atomic mass is 10.2. The van der Waals surface area contributed by atoms with Crippen molar-refractivity contribution in [2.75, 3.05) is 30.0 Å². The molecule has 11 nitrogen and oxygen atoms in total. The summed E-state index contributed by atoms with van der Waals surface area (Å²) in [5.41, 5.74) is -0.165. The molecule has 0 aliphatic heterocycles. The van der Waals surface area contributed by atoms with Gasteiger partial charge in [0.25, 0.3) is 0 Å². The molecular formula is C37H50N2O9S2. The van der Waals surface area contributed by atoms with Gasteiger partial charge in [0.05, 0.1) is 19.0 Å². The summed E-state index contributed by atoms with van der Waals surface area (Å²) < 4.78 is 5.10. The first kappa shape index (κ1) is 44.0. The maximum absolute atomic E-state index is 12.7. The Balaban J connectivity index is 2.42. The number of carboxylic acid groups (broad SMARTS) is 1. The summed E-state index contributed by atoms with van der Waals surface area (Å²) in [6.45, 7) is 0.948. The van der Waals surface area contributed by atoms with Crippen molar-refractivity contribution in [1.29, 1.82) is 0 Å². The summed E-state index contributed by atoms with van der Waals surface area (Å²) in [5.74, 6) is -3.47. The number of anilines is 1. The van der Waals surface area contributed by atoms with E-state index in [1.165, 1.54) is 6.07 Å². The first-order chi connectivity index (χ1) is 24.2. The van der Waals surface area contributed by atoms with Gasteiger partial charge in [0.15, 0.2) is 0 Å². The number of benzene rings is 1. The molecule has 0 heterocycles. The minimum absolute atomic E-state index is 0.0361. The number of allylic oxidation sites excluding steroid dienone is 12. The number of phenols is 1. The van der Waals surface area contributed by atoms with Crippen LogP contribution in [0.1, 0.15) is 68.6 Å². The molecule has 0 aliphatic carbocycles. The van der Waals surface area contributed by atoms with Crippen molar-refractivity contribution >= 4 is 51.0 Å². The Morgan fingerprint density at radius 1 is 0.780 bits per heavy atom. The molecule has 1 unspecified atom stereocenters. The van der Waals surface area contributed by atoms with Crippen LogP contribution in [0.5, 0.6) is 5.75 Å². The van der Waals surface area contributed by atoms with Crippen LogP contribution in [0, 0.1) is 0 Å². The first-order valence-corrected chi connectivity index (χ1v) is 18.9. The fraction of sp³-hybridized carbons (Fsp3) is 0.405. The Bertz CT molecular complexity index is 1350. The zero-order valence-electron chi connectivity index (χ0n) is 28.4. The Morgan fingerprint density at radius 3 is 1.84 bits per heavy atom. The fourth-order valence-corrected chi connectivity index (χ4v) is 5.84. The molecule has 0 saturated carbocycles. The number of ether oxygens (including phenoxy) is 1. The van der Waals surface area contributed by atoms with E-state index in [2.05, 4.69) is 72.2 Å². The second kappa shape index (κ2) is 28.8. The van der Waals surface area contributed by atoms with Gasteiger partial charge < -0.3 is 35.8 Å². The van der Waals surface area contributed by atoms with Gasteiger partial charge >= 0.3 is 11.9 Å². The summed E-state index contributed by atoms with van der Waals surface area (Å²) >= 11 is 0. The van der Waals surface area contributed by atoms with Gasteiger partial charge in [0.2, 0.25) is 11.8 Å². The van der Waals surface area contributed by atoms with Gasteiger partial charge in [-0.3, -0.25) is 9.59 Å². The number of nitrogens with one attached hydrogen (secondary N) is 2. The van der Waals surface area contributed by atoms with Crippen molar-refractivity contribution in [2.45, 2.75) is 70.4 Å². The lowest BCUT2D eigenvalue weighted by molar-refractivity contribution is -0.156. The number of aromatic carboxylic acids is 1. The van der Waals surface area contributed by atoms with Crippen LogP contribution in [0.15, 0.2) is 91.1 Å². The maximum Gasteiger partial charge on any atom is 0.339 e. The summed E-state index contributed by atoms with van der Waals surface area (Å²) in [5, 5.41) is 42.4. The number of amides is 2. The largest absolute Gasteiger partial charge is 0.507 e. The summed E-state index contributed by atoms with van der Waals surface area (Å²) in [6, 6.07) is 2.56. The summed E-state index contributed by atoms with van der Waals surface area (Å²) in [7, 11) is 2.21. The Kier molecular flexibility index (Phi) is 25.3. The van der Waals surface area contributed by atoms with Crippen molar-refractivity contribution in [3.05, 3.63) is 96.7 Å². The Morgan fingerprint density at radius 2 is 1.32 bits per heavy atom. The molecule has 1 aromatic carbocycles. The number of aromatic hydroxyl groups is 1. The third-order valence-electron chi connectivity index (χ3n) is 6.46. The number of rotatable bonds is 26. The average Bonchev–Trinajstić information content (AvgIpc) is 3.10. The molecule has 1 aromatic rings. The van der Waals surface area contributed by atoms with Crippen LogP contribution in [-0.4, -0.2) is 81.0 Å². The van der Waals surface area contributed by atoms with Gasteiger partial charge in [-0.05, 0) is 63.1 Å². The number of carbonyl (C=O) groups excluding carboxylic acids is 3. The van der Waals surface area contributed by atoms with E-state index in [0.717, 1.165) is 72.2 Å². The van der Waals surface area contributed by atoms with E-state index in [9.17, 15) is 34.5 Å². The van der Waals surface area contributed by atoms with E-state index >= 15 is 0 Å². The minimum atomic E-state index is -1.34. The van der Waals surface area contributed by atoms with Crippen LogP contribution >= 0.6 is 21.6 Å². The Hall–Kier alpha value is -4.04. The third kappa shape index (κ3) is 21.8. The van der Waals surface area contributed by atoms with Gasteiger partial charge in [-0.15, -0.1) is 0 Å². The predicted molar refractivity (Wildman–Crippen MR) is 202 cm³/mol. The highest BCUT2D eigenvalue weighted by atomic mass is 33.1. The third-order valence-corrected chi connectivity index (χ3v) is 8.74. The standard InChI is InChI=1S/C37H50N2O9S2/c1-2-3-4-5-6-7-8-9-10-11-12-13-14-15-16-17-18-19-20-21-34(43)39-32(37(47)48-30(25-40)26-41)27-49-50-28-35(44)38-29-22-23-33(42)31(24-29)36(45)46/h3-4,6-7,9-10,12-13,15-16,18-19,22-24,30,32,40-42H,2,5,8,11,14,17,20-21,25-28H2,1H3,(H,38,44)(H,39,43)(H,45,46)/b4-3-,7-6-,10-9-,13-12-,16-15-,19-18-. The Labute approximate surface area is 302 Å². The molecule has 0 aliphatic rings. The number of carboxylic acids is 1. The topological polar surface area (TPSA) is 182 Å². The summed E-state index contributed by atoms with van der Waals surface area (Å²) in [4.78, 5) is 48.8. The fourth-order valence-electron chi connectivity index (χ4n) is 3.86. The van der Waals surface area contributed by atoms with Crippen LogP contribution in [0.4, 0.5) is 5.69 Å². The van der Waals surface area contributed by atoms with Gasteiger partial charge in [-0.2, -0.15) is 0 Å². The van der Waals surface area contributed by atoms with Crippen molar-refractivity contribution in [2.24, 2.45) is 0 Å². The van der Waals surface area contributed by atoms with Gasteiger partial charge in [-0.25, -0.2) is 9.59 Å². The van der Waals surface area contributed by atoms with E-state index in [-0.39, 0.29) is 35.1 Å². The highest BCUT2D eigenvalue weighted by Crippen LogP contribution is 2.25. The molecule has 13 heteroatoms. The molecular weight excluding hydrogens is 681 g/mol. The number of hydrogen-bond acceptors (Lipinski definition) is 10. The van der Waals surface area contributed by atoms with Crippen molar-refractivity contribution < 1.29 is 44.3 Å². The van der Waals surface area contributed by atoms with Gasteiger partial charge in [0, 0.05) is 17.9 Å². The second-order valence-corrected chi connectivity index (χ2v) is 13.1. The lowest BCUT2D eigenvalue weighted by Gasteiger charge is -2.20. The zero-order chi connectivity index (χ0) is 36.8. The van der Waals surface area contributed by atoms with Crippen molar-refractivity contribution in [3.63, 3.8) is 0 Å². The van der Waals surface area contributed by atoms with Crippen LogP contribution in [-0.2, 0) is 19.1 Å². The average molecular weight is 731 g/mol. The maximum atomic E-state index is 12.7. The van der Waals surface area contributed by atoms with Gasteiger partial charge in [-0.1, -0.05) is 101 Å². The molecule has 50 heavy (non-hydrogen) atoms. The highest BCUT2D eigenvalue weighted by Gasteiger charge is 2.25. The van der Waals surface area contributed by atoms with E-state index in [0.29, 0.717) is 6.42 Å². The molecule has 2 amide bonds. The predicted octanol–water partition coefficient (Wildman–Crippen LogP) is 6.27. The quantitative estimate of drug-likeness (QED) is 0.0208. The molecule has 0 bridgehead atoms. The first-order valence-electron chi connectivity index (χ1n) is 16.4. The van der Waals surface area contributed by atoms with Crippen LogP contribution in [0.25, 0.3) is 0 Å². The van der Waals surface area contributed by atoms with Crippen LogP contribution in [0.3, 0.4) is 0 Å². The smallest absolute Gasteiger partial charge is 0.339 e. The monoisotopic (exact) mass is 730 g/mol. The van der Waals surface area contributed by atoms with Gasteiger partial charge in [0.1, 0.15) is 23.5 Å². The molecule has 0 radical (unpaired) electrons. The normalized spacial score (nSPS) is 12.7. The number of carbonyl (C=O) groups is 4. The number of aliphatic hydroxyl groups is 2. The number of esters is 1. The van der Waals surface area contributed by atoms with Crippen molar-refractivity contribution in [3.8, 4) is 5.75 Å². The summed E-state index contributed by atoms with van der Waals surface area (Å²) in [6.07, 6.45) is 30.1. The number of hydrogen-bond donors (Lipinski definition) is 6. The highest BCUT2D eigenvalue weighted by molar-refractivity contribution is 8.76. The molecule has 1 rings (SSSR count). The molecule has 0 fully saturated rings. The zero-order valence-corrected chi connectivity index (χ0v) is 30.1. The van der Waals surface area contributed by atoms with Crippen LogP contribution < -0.4 is 10.6 Å². The second-order valence-electron chi connectivity index (χ2n) is 10.6. The lowest BCUT2D eigenvalue weighted by Crippen LogP contribution is -2.45. The van der Waals surface area contributed by atoms with Crippen molar-refractivity contribution in [1.82, 2.24) is 5.32 Å². The number of aliphatic hydroxyl groups excluding tert-OH is 2. The molecule has 274 valence electrons. The molecule has 6 N–H and O–H groups in total. The van der Waals surface area contributed by atoms with E-state index in [1.807, 2.05) is 18.2 Å². The molecule has 0 saturated heterocycles. The minimum Gasteiger partial charge on any atom is -0.507 e. The SMILES string of the molecule is CC/C=C\C/C=C\C/C=C\C/C=C\C/C=C\C/C=C\CCC(=O)NC(CSSCC(=O)Nc1ccc(O)c(C(=O)O)c1)C(=O)OC(CO)CO.